The highest BCUT2D eigenvalue weighted by Gasteiger charge is 2.32. The summed E-state index contributed by atoms with van der Waals surface area (Å²) in [5, 5.41) is 11.9. The zero-order chi connectivity index (χ0) is 23.2. The van der Waals surface area contributed by atoms with Gasteiger partial charge in [-0.05, 0) is 36.8 Å². The maximum atomic E-state index is 13.2. The van der Waals surface area contributed by atoms with Crippen LogP contribution in [0.5, 0.6) is 5.75 Å². The molecule has 8 nitrogen and oxygen atoms in total. The van der Waals surface area contributed by atoms with Gasteiger partial charge in [-0.3, -0.25) is 14.6 Å². The lowest BCUT2D eigenvalue weighted by Crippen LogP contribution is -2.40. The van der Waals surface area contributed by atoms with E-state index in [4.69, 9.17) is 15.0 Å². The van der Waals surface area contributed by atoms with Gasteiger partial charge in [0.25, 0.3) is 5.91 Å². The number of thiazole rings is 1. The van der Waals surface area contributed by atoms with E-state index >= 15 is 0 Å². The van der Waals surface area contributed by atoms with Crippen LogP contribution in [-0.4, -0.2) is 57.8 Å². The second-order valence-electron chi connectivity index (χ2n) is 7.63. The lowest BCUT2D eigenvalue weighted by molar-refractivity contribution is -0.136. The van der Waals surface area contributed by atoms with Crippen LogP contribution in [-0.2, 0) is 9.59 Å². The first kappa shape index (κ1) is 22.4. The van der Waals surface area contributed by atoms with Crippen LogP contribution in [0, 0.1) is 11.3 Å². The molecule has 0 spiro atoms. The third-order valence-corrected chi connectivity index (χ3v) is 6.48. The monoisotopic (exact) mass is 461 g/mol. The average molecular weight is 462 g/mol. The second kappa shape index (κ2) is 10.2. The summed E-state index contributed by atoms with van der Waals surface area (Å²) < 4.78 is 5.69. The van der Waals surface area contributed by atoms with Crippen molar-refractivity contribution in [2.45, 2.75) is 19.4 Å². The number of hydrogen-bond donors (Lipinski definition) is 0. The third kappa shape index (κ3) is 5.35. The van der Waals surface area contributed by atoms with E-state index in [1.54, 1.807) is 53.4 Å². The van der Waals surface area contributed by atoms with Gasteiger partial charge in [-0.2, -0.15) is 5.26 Å². The molecule has 2 aromatic heterocycles. The number of aromatic nitrogens is 2. The number of carbonyl (C=O) groups is 2. The molecule has 33 heavy (non-hydrogen) atoms. The Morgan fingerprint density at radius 1 is 1.21 bits per heavy atom. The predicted molar refractivity (Wildman–Crippen MR) is 123 cm³/mol. The minimum absolute atomic E-state index is 0.00997. The summed E-state index contributed by atoms with van der Waals surface area (Å²) in [7, 11) is 0. The molecule has 0 radical (unpaired) electrons. The number of pyridine rings is 1. The lowest BCUT2D eigenvalue weighted by Gasteiger charge is -2.28. The maximum absolute atomic E-state index is 13.2. The van der Waals surface area contributed by atoms with Crippen LogP contribution in [0.1, 0.15) is 30.0 Å². The minimum atomic E-state index is -0.253. The summed E-state index contributed by atoms with van der Waals surface area (Å²) in [6.45, 7) is 2.80. The van der Waals surface area contributed by atoms with E-state index in [1.165, 1.54) is 11.3 Å². The zero-order valence-corrected chi connectivity index (χ0v) is 19.0. The van der Waals surface area contributed by atoms with Crippen molar-refractivity contribution in [1.29, 1.82) is 5.26 Å². The standard InChI is InChI=1S/C24H23N5O3S/c1-17(30)28-10-7-22(24-27-21(16-33-24)19-5-8-26-9-6-19)29(12-11-28)23(31)15-32-20-4-2-3-18(13-20)14-25/h2-6,8-9,13,16,22H,7,10-12,15H2,1H3. The first-order chi connectivity index (χ1) is 16.0. The summed E-state index contributed by atoms with van der Waals surface area (Å²) in [5.41, 5.74) is 2.27. The Balaban J connectivity index is 1.54. The van der Waals surface area contributed by atoms with E-state index in [0.29, 0.717) is 37.4 Å². The number of amides is 2. The van der Waals surface area contributed by atoms with Crippen LogP contribution in [0.15, 0.2) is 54.2 Å². The Hall–Kier alpha value is -3.77. The zero-order valence-electron chi connectivity index (χ0n) is 18.2. The van der Waals surface area contributed by atoms with Crippen molar-refractivity contribution in [2.24, 2.45) is 0 Å². The van der Waals surface area contributed by atoms with E-state index < -0.39 is 0 Å². The van der Waals surface area contributed by atoms with Crippen LogP contribution in [0.3, 0.4) is 0 Å². The Morgan fingerprint density at radius 3 is 2.79 bits per heavy atom. The first-order valence-corrected chi connectivity index (χ1v) is 11.5. The molecular weight excluding hydrogens is 438 g/mol. The quantitative estimate of drug-likeness (QED) is 0.578. The van der Waals surface area contributed by atoms with Crippen LogP contribution in [0.25, 0.3) is 11.3 Å². The third-order valence-electron chi connectivity index (χ3n) is 5.53. The van der Waals surface area contributed by atoms with E-state index in [-0.39, 0.29) is 24.5 Å². The van der Waals surface area contributed by atoms with E-state index in [0.717, 1.165) is 16.3 Å². The van der Waals surface area contributed by atoms with E-state index in [9.17, 15) is 9.59 Å². The van der Waals surface area contributed by atoms with Gasteiger partial charge in [-0.15, -0.1) is 11.3 Å². The summed E-state index contributed by atoms with van der Waals surface area (Å²) in [4.78, 5) is 37.6. The highest BCUT2D eigenvalue weighted by molar-refractivity contribution is 7.10. The second-order valence-corrected chi connectivity index (χ2v) is 8.52. The van der Waals surface area contributed by atoms with E-state index in [2.05, 4.69) is 11.1 Å². The molecule has 3 heterocycles. The molecule has 0 bridgehead atoms. The maximum Gasteiger partial charge on any atom is 0.261 e. The summed E-state index contributed by atoms with van der Waals surface area (Å²) in [6.07, 6.45) is 4.04. The smallest absolute Gasteiger partial charge is 0.261 e. The SMILES string of the molecule is CC(=O)N1CCC(c2nc(-c3ccncc3)cs2)N(C(=O)COc2cccc(C#N)c2)CC1. The number of benzene rings is 1. The summed E-state index contributed by atoms with van der Waals surface area (Å²) in [6, 6.07) is 12.3. The predicted octanol–water partition coefficient (Wildman–Crippen LogP) is 3.28. The highest BCUT2D eigenvalue weighted by Crippen LogP contribution is 2.32. The largest absolute Gasteiger partial charge is 0.484 e. The van der Waals surface area contributed by atoms with Gasteiger partial charge < -0.3 is 14.5 Å². The number of ether oxygens (including phenoxy) is 1. The Bertz CT molecular complexity index is 1170. The molecule has 1 atom stereocenters. The van der Waals surface area contributed by atoms with Crippen molar-refractivity contribution in [3.8, 4) is 23.1 Å². The molecule has 0 N–H and O–H groups in total. The molecular formula is C24H23N5O3S. The molecule has 2 amide bonds. The fourth-order valence-electron chi connectivity index (χ4n) is 3.78. The van der Waals surface area contributed by atoms with Gasteiger partial charge in [-0.1, -0.05) is 6.07 Å². The number of carbonyl (C=O) groups excluding carboxylic acids is 2. The van der Waals surface area contributed by atoms with Gasteiger partial charge in [0.1, 0.15) is 10.8 Å². The molecule has 0 aliphatic carbocycles. The number of hydrogen-bond acceptors (Lipinski definition) is 7. The molecule has 3 aromatic rings. The van der Waals surface area contributed by atoms with Crippen LogP contribution >= 0.6 is 11.3 Å². The Labute approximate surface area is 196 Å². The van der Waals surface area contributed by atoms with Gasteiger partial charge in [-0.25, -0.2) is 4.98 Å². The van der Waals surface area contributed by atoms with Crippen molar-refractivity contribution in [3.05, 3.63) is 64.7 Å². The van der Waals surface area contributed by atoms with Gasteiger partial charge in [0, 0.05) is 49.9 Å². The molecule has 1 aromatic carbocycles. The summed E-state index contributed by atoms with van der Waals surface area (Å²) >= 11 is 1.50. The lowest BCUT2D eigenvalue weighted by atomic mass is 10.1. The van der Waals surface area contributed by atoms with Crippen molar-refractivity contribution in [2.75, 3.05) is 26.2 Å². The molecule has 1 fully saturated rings. The van der Waals surface area contributed by atoms with Gasteiger partial charge in [0.2, 0.25) is 5.91 Å². The van der Waals surface area contributed by atoms with Crippen molar-refractivity contribution in [1.82, 2.24) is 19.8 Å². The fourth-order valence-corrected chi connectivity index (χ4v) is 4.75. The number of rotatable bonds is 5. The molecule has 4 rings (SSSR count). The fraction of sp³-hybridized carbons (Fsp3) is 0.292. The van der Waals surface area contributed by atoms with Crippen LogP contribution < -0.4 is 4.74 Å². The van der Waals surface area contributed by atoms with Gasteiger partial charge >= 0.3 is 0 Å². The van der Waals surface area contributed by atoms with Gasteiger partial charge in [0.15, 0.2) is 6.61 Å². The highest BCUT2D eigenvalue weighted by atomic mass is 32.1. The average Bonchev–Trinajstić information content (AvgIpc) is 3.22. The van der Waals surface area contributed by atoms with Crippen LogP contribution in [0.2, 0.25) is 0 Å². The Kier molecular flexibility index (Phi) is 6.95. The molecule has 168 valence electrons. The normalized spacial score (nSPS) is 16.1. The molecule has 1 aliphatic rings. The topological polar surface area (TPSA) is 99.4 Å². The minimum Gasteiger partial charge on any atom is -0.484 e. The molecule has 1 aliphatic heterocycles. The molecule has 1 unspecified atom stereocenters. The van der Waals surface area contributed by atoms with Crippen LogP contribution in [0.4, 0.5) is 0 Å². The number of nitriles is 1. The number of nitrogens with zero attached hydrogens (tertiary/aromatic N) is 5. The molecule has 1 saturated heterocycles. The molecule has 9 heteroatoms. The van der Waals surface area contributed by atoms with Gasteiger partial charge in [0.05, 0.1) is 23.4 Å². The first-order valence-electron chi connectivity index (χ1n) is 10.6. The Morgan fingerprint density at radius 2 is 2.03 bits per heavy atom. The summed E-state index contributed by atoms with van der Waals surface area (Å²) in [5.74, 6) is 0.269. The molecule has 0 saturated carbocycles. The van der Waals surface area contributed by atoms with E-state index in [1.807, 2.05) is 17.5 Å². The van der Waals surface area contributed by atoms with Crippen molar-refractivity contribution < 1.29 is 14.3 Å². The van der Waals surface area contributed by atoms with Crippen molar-refractivity contribution in [3.63, 3.8) is 0 Å². The van der Waals surface area contributed by atoms with Crippen molar-refractivity contribution >= 4 is 23.2 Å².